The van der Waals surface area contributed by atoms with Gasteiger partial charge in [0.25, 0.3) is 0 Å². The van der Waals surface area contributed by atoms with Crippen LogP contribution in [-0.2, 0) is 4.79 Å². The number of benzene rings is 1. The van der Waals surface area contributed by atoms with E-state index >= 15 is 0 Å². The van der Waals surface area contributed by atoms with Gasteiger partial charge in [-0.1, -0.05) is 0 Å². The Kier molecular flexibility index (Phi) is 6.05. The van der Waals surface area contributed by atoms with E-state index in [0.29, 0.717) is 17.9 Å². The van der Waals surface area contributed by atoms with Crippen molar-refractivity contribution in [3.8, 4) is 0 Å². The Morgan fingerprint density at radius 1 is 1.21 bits per heavy atom. The van der Waals surface area contributed by atoms with E-state index in [1.54, 1.807) is 23.1 Å². The number of anilines is 2. The van der Waals surface area contributed by atoms with Crippen LogP contribution in [-0.4, -0.2) is 55.1 Å². The van der Waals surface area contributed by atoms with Crippen molar-refractivity contribution < 1.29 is 13.6 Å². The summed E-state index contributed by atoms with van der Waals surface area (Å²) in [4.78, 5) is 21.4. The maximum Gasteiger partial charge on any atom is 0.240 e. The molecule has 0 saturated carbocycles. The zero-order chi connectivity index (χ0) is 23.0. The van der Waals surface area contributed by atoms with Crippen molar-refractivity contribution in [1.82, 2.24) is 20.5 Å². The maximum atomic E-state index is 14.9. The van der Waals surface area contributed by atoms with E-state index < -0.39 is 5.82 Å². The van der Waals surface area contributed by atoms with Gasteiger partial charge in [-0.2, -0.15) is 0 Å². The molecule has 3 saturated heterocycles. The zero-order valence-electron chi connectivity index (χ0n) is 19.0. The normalized spacial score (nSPS) is 24.4. The standard InChI is InChI=1S/C25H31F2N5O/c1-31(18-6-4-17(26)5-7-18)23-13-19(20(27)15-29-23)22-3-2-12-32(22)24(33)21-14-25(16-30-21)8-10-28-11-9-25/h4-7,13,15,21-22,28,30H,2-3,8-12,14,16H2,1H3. The SMILES string of the molecule is CN(c1ccc(F)cc1)c1cc(C2CCCN2C(=O)C2CC3(CCNCC3)CN2)c(F)cn1. The van der Waals surface area contributed by atoms with Gasteiger partial charge in [0.1, 0.15) is 17.5 Å². The summed E-state index contributed by atoms with van der Waals surface area (Å²) < 4.78 is 28.3. The number of hydrogen-bond acceptors (Lipinski definition) is 5. The molecule has 0 radical (unpaired) electrons. The number of likely N-dealkylation sites (tertiary alicyclic amines) is 1. The fourth-order valence-corrected chi connectivity index (χ4v) is 5.66. The second kappa shape index (κ2) is 8.99. The lowest BCUT2D eigenvalue weighted by molar-refractivity contribution is -0.134. The first-order chi connectivity index (χ1) is 16.0. The van der Waals surface area contributed by atoms with Gasteiger partial charge in [0, 0.05) is 31.4 Å². The van der Waals surface area contributed by atoms with Crippen molar-refractivity contribution in [2.75, 3.05) is 38.1 Å². The molecule has 0 aliphatic carbocycles. The quantitative estimate of drug-likeness (QED) is 0.739. The summed E-state index contributed by atoms with van der Waals surface area (Å²) in [7, 11) is 1.82. The Morgan fingerprint density at radius 3 is 2.73 bits per heavy atom. The number of aromatic nitrogens is 1. The number of nitrogens with zero attached hydrogens (tertiary/aromatic N) is 3. The summed E-state index contributed by atoms with van der Waals surface area (Å²) in [6.45, 7) is 3.52. The predicted molar refractivity (Wildman–Crippen MR) is 123 cm³/mol. The lowest BCUT2D eigenvalue weighted by Gasteiger charge is -2.33. The molecule has 33 heavy (non-hydrogen) atoms. The average molecular weight is 456 g/mol. The van der Waals surface area contributed by atoms with E-state index in [1.807, 2.05) is 11.9 Å². The van der Waals surface area contributed by atoms with Crippen LogP contribution in [0.25, 0.3) is 0 Å². The molecule has 4 heterocycles. The van der Waals surface area contributed by atoms with Crippen LogP contribution in [0, 0.1) is 17.0 Å². The Hall–Kier alpha value is -2.58. The number of nitrogens with one attached hydrogen (secondary N) is 2. The van der Waals surface area contributed by atoms with Crippen molar-refractivity contribution in [3.05, 3.63) is 53.7 Å². The predicted octanol–water partition coefficient (Wildman–Crippen LogP) is 3.52. The van der Waals surface area contributed by atoms with Gasteiger partial charge in [-0.25, -0.2) is 13.8 Å². The molecule has 3 fully saturated rings. The molecule has 2 N–H and O–H groups in total. The topological polar surface area (TPSA) is 60.5 Å². The Morgan fingerprint density at radius 2 is 1.97 bits per heavy atom. The number of rotatable bonds is 4. The van der Waals surface area contributed by atoms with Crippen LogP contribution >= 0.6 is 0 Å². The minimum Gasteiger partial charge on any atom is -0.334 e. The van der Waals surface area contributed by atoms with Crippen molar-refractivity contribution >= 4 is 17.4 Å². The van der Waals surface area contributed by atoms with Gasteiger partial charge in [0.05, 0.1) is 18.3 Å². The molecule has 1 aromatic heterocycles. The van der Waals surface area contributed by atoms with Gasteiger partial charge >= 0.3 is 0 Å². The van der Waals surface area contributed by atoms with Crippen LogP contribution in [0.3, 0.4) is 0 Å². The molecule has 3 aliphatic heterocycles. The van der Waals surface area contributed by atoms with Crippen LogP contribution in [0.4, 0.5) is 20.3 Å². The van der Waals surface area contributed by atoms with Gasteiger partial charge in [0.2, 0.25) is 5.91 Å². The summed E-state index contributed by atoms with van der Waals surface area (Å²) in [5, 5.41) is 6.88. The van der Waals surface area contributed by atoms with Crippen LogP contribution in [0.1, 0.15) is 43.7 Å². The van der Waals surface area contributed by atoms with Crippen LogP contribution in [0.2, 0.25) is 0 Å². The highest BCUT2D eigenvalue weighted by atomic mass is 19.1. The average Bonchev–Trinajstić information content (AvgIpc) is 3.47. The zero-order valence-corrected chi connectivity index (χ0v) is 19.0. The van der Waals surface area contributed by atoms with Gasteiger partial charge < -0.3 is 20.4 Å². The minimum absolute atomic E-state index is 0.0811. The van der Waals surface area contributed by atoms with Crippen molar-refractivity contribution in [2.24, 2.45) is 5.41 Å². The maximum absolute atomic E-state index is 14.9. The summed E-state index contributed by atoms with van der Waals surface area (Å²) in [6, 6.07) is 7.32. The van der Waals surface area contributed by atoms with E-state index in [9.17, 15) is 13.6 Å². The third-order valence-electron chi connectivity index (χ3n) is 7.65. The Bertz CT molecular complexity index is 1010. The lowest BCUT2D eigenvalue weighted by Crippen LogP contribution is -2.43. The van der Waals surface area contributed by atoms with Crippen LogP contribution in [0.5, 0.6) is 0 Å². The third kappa shape index (κ3) is 4.34. The molecule has 2 unspecified atom stereocenters. The van der Waals surface area contributed by atoms with Crippen LogP contribution < -0.4 is 15.5 Å². The molecule has 1 aromatic carbocycles. The van der Waals surface area contributed by atoms with Crippen molar-refractivity contribution in [2.45, 2.75) is 44.2 Å². The van der Waals surface area contributed by atoms with Crippen LogP contribution in [0.15, 0.2) is 36.5 Å². The van der Waals surface area contributed by atoms with Gasteiger partial charge in [-0.05, 0) is 80.9 Å². The van der Waals surface area contributed by atoms with Gasteiger partial charge in [0.15, 0.2) is 0 Å². The summed E-state index contributed by atoms with van der Waals surface area (Å²) in [5.74, 6) is -0.0699. The monoisotopic (exact) mass is 455 g/mol. The molecular formula is C25H31F2N5O. The molecule has 1 spiro atoms. The van der Waals surface area contributed by atoms with Crippen molar-refractivity contribution in [1.29, 1.82) is 0 Å². The van der Waals surface area contributed by atoms with E-state index in [0.717, 1.165) is 57.4 Å². The van der Waals surface area contributed by atoms with E-state index in [-0.39, 0.29) is 29.2 Å². The fraction of sp³-hybridized carbons (Fsp3) is 0.520. The largest absolute Gasteiger partial charge is 0.334 e. The number of piperidine rings is 1. The summed E-state index contributed by atoms with van der Waals surface area (Å²) >= 11 is 0. The molecule has 1 amide bonds. The number of amides is 1. The number of carbonyl (C=O) groups is 1. The summed E-state index contributed by atoms with van der Waals surface area (Å²) in [6.07, 6.45) is 5.84. The molecule has 176 valence electrons. The molecule has 3 aliphatic rings. The highest BCUT2D eigenvalue weighted by Gasteiger charge is 2.45. The first-order valence-corrected chi connectivity index (χ1v) is 11.9. The lowest BCUT2D eigenvalue weighted by atomic mass is 9.77. The molecular weight excluding hydrogens is 424 g/mol. The minimum atomic E-state index is -0.398. The highest BCUT2D eigenvalue weighted by Crippen LogP contribution is 2.40. The summed E-state index contributed by atoms with van der Waals surface area (Å²) in [5.41, 5.74) is 1.45. The van der Waals surface area contributed by atoms with Gasteiger partial charge in [-0.3, -0.25) is 4.79 Å². The van der Waals surface area contributed by atoms with E-state index in [4.69, 9.17) is 0 Å². The fourth-order valence-electron chi connectivity index (χ4n) is 5.66. The molecule has 6 nitrogen and oxygen atoms in total. The number of hydrogen-bond donors (Lipinski definition) is 2. The van der Waals surface area contributed by atoms with E-state index in [1.165, 1.54) is 18.3 Å². The second-order valence-corrected chi connectivity index (χ2v) is 9.68. The molecule has 5 rings (SSSR count). The molecule has 2 atom stereocenters. The Labute approximate surface area is 193 Å². The number of halogens is 2. The van der Waals surface area contributed by atoms with Gasteiger partial charge in [-0.15, -0.1) is 0 Å². The molecule has 2 aromatic rings. The van der Waals surface area contributed by atoms with E-state index in [2.05, 4.69) is 15.6 Å². The third-order valence-corrected chi connectivity index (χ3v) is 7.65. The Balaban J connectivity index is 1.35. The molecule has 8 heteroatoms. The first kappa shape index (κ1) is 22.2. The number of pyridine rings is 1. The number of carbonyl (C=O) groups excluding carboxylic acids is 1. The first-order valence-electron chi connectivity index (χ1n) is 11.9. The van der Waals surface area contributed by atoms with Crippen molar-refractivity contribution in [3.63, 3.8) is 0 Å². The molecule has 0 bridgehead atoms. The smallest absolute Gasteiger partial charge is 0.240 e. The highest BCUT2D eigenvalue weighted by molar-refractivity contribution is 5.83. The second-order valence-electron chi connectivity index (χ2n) is 9.68.